The van der Waals surface area contributed by atoms with E-state index in [1.54, 1.807) is 0 Å². The zero-order valence-corrected chi connectivity index (χ0v) is 7.19. The molecule has 2 atom stereocenters. The summed E-state index contributed by atoms with van der Waals surface area (Å²) in [5.74, 6) is -2.25. The third kappa shape index (κ3) is 1.39. The Balaban J connectivity index is 3.00. The second kappa shape index (κ2) is 3.33. The van der Waals surface area contributed by atoms with Crippen LogP contribution in [0, 0.1) is 5.41 Å². The van der Waals surface area contributed by atoms with Crippen molar-refractivity contribution < 1.29 is 19.8 Å². The summed E-state index contributed by atoms with van der Waals surface area (Å²) in [5.41, 5.74) is 3.26. The van der Waals surface area contributed by atoms with E-state index in [9.17, 15) is 14.7 Å². The van der Waals surface area contributed by atoms with Crippen molar-refractivity contribution in [3.8, 4) is 0 Å². The van der Waals surface area contributed by atoms with E-state index in [1.165, 1.54) is 0 Å². The van der Waals surface area contributed by atoms with Gasteiger partial charge in [0.2, 0.25) is 5.91 Å². The molecule has 0 saturated heterocycles. The van der Waals surface area contributed by atoms with Crippen LogP contribution in [0.1, 0.15) is 25.7 Å². The van der Waals surface area contributed by atoms with Gasteiger partial charge in [-0.15, -0.1) is 0 Å². The van der Waals surface area contributed by atoms with E-state index in [0.29, 0.717) is 12.8 Å². The normalized spacial score (nSPS) is 34.1. The molecule has 1 saturated carbocycles. The minimum Gasteiger partial charge on any atom is -0.480 e. The van der Waals surface area contributed by atoms with Crippen molar-refractivity contribution in [3.63, 3.8) is 0 Å². The first-order valence-electron chi connectivity index (χ1n) is 4.23. The second-order valence-electron chi connectivity index (χ2n) is 3.40. The summed E-state index contributed by atoms with van der Waals surface area (Å²) in [6.45, 7) is 0. The molecule has 0 aromatic heterocycles. The number of aliphatic hydroxyl groups is 1. The lowest BCUT2D eigenvalue weighted by Crippen LogP contribution is -2.53. The molecule has 5 heteroatoms. The highest BCUT2D eigenvalue weighted by molar-refractivity contribution is 6.02. The Hall–Kier alpha value is -1.10. The van der Waals surface area contributed by atoms with Crippen LogP contribution in [-0.2, 0) is 9.59 Å². The van der Waals surface area contributed by atoms with Gasteiger partial charge in [0.05, 0.1) is 6.10 Å². The molecule has 0 heterocycles. The zero-order chi connectivity index (χ0) is 10.1. The first-order chi connectivity index (χ1) is 6.01. The molecule has 0 bridgehead atoms. The Bertz CT molecular complexity index is 224. The number of aliphatic carboxylic acids is 1. The van der Waals surface area contributed by atoms with Crippen LogP contribution in [0.3, 0.4) is 0 Å². The number of hydrogen-bond donors (Lipinski definition) is 3. The summed E-state index contributed by atoms with van der Waals surface area (Å²) in [7, 11) is 0. The first-order valence-corrected chi connectivity index (χ1v) is 4.23. The van der Waals surface area contributed by atoms with E-state index >= 15 is 0 Å². The summed E-state index contributed by atoms with van der Waals surface area (Å²) in [5, 5.41) is 18.3. The maximum atomic E-state index is 11.0. The lowest BCUT2D eigenvalue weighted by Gasteiger charge is -2.34. The van der Waals surface area contributed by atoms with Crippen molar-refractivity contribution >= 4 is 11.9 Å². The largest absolute Gasteiger partial charge is 0.480 e. The van der Waals surface area contributed by atoms with Gasteiger partial charge >= 0.3 is 5.97 Å². The van der Waals surface area contributed by atoms with Crippen molar-refractivity contribution in [1.29, 1.82) is 0 Å². The van der Waals surface area contributed by atoms with E-state index in [0.717, 1.165) is 6.42 Å². The average Bonchev–Trinajstić information content (AvgIpc) is 2.04. The van der Waals surface area contributed by atoms with E-state index in [4.69, 9.17) is 10.8 Å². The second-order valence-corrected chi connectivity index (χ2v) is 3.40. The van der Waals surface area contributed by atoms with Crippen molar-refractivity contribution in [1.82, 2.24) is 0 Å². The molecule has 0 aromatic rings. The maximum Gasteiger partial charge on any atom is 0.321 e. The molecule has 0 aromatic carbocycles. The molecule has 1 fully saturated rings. The van der Waals surface area contributed by atoms with Gasteiger partial charge in [0, 0.05) is 0 Å². The van der Waals surface area contributed by atoms with Gasteiger partial charge in [-0.05, 0) is 12.8 Å². The van der Waals surface area contributed by atoms with Crippen LogP contribution in [-0.4, -0.2) is 28.2 Å². The predicted octanol–water partition coefficient (Wildman–Crippen LogP) is -0.522. The monoisotopic (exact) mass is 187 g/mol. The van der Waals surface area contributed by atoms with E-state index in [1.807, 2.05) is 0 Å². The number of aliphatic hydroxyl groups excluding tert-OH is 1. The average molecular weight is 187 g/mol. The number of nitrogens with two attached hydrogens (primary N) is 1. The highest BCUT2D eigenvalue weighted by atomic mass is 16.4. The first kappa shape index (κ1) is 9.98. The highest BCUT2D eigenvalue weighted by Crippen LogP contribution is 2.36. The standard InChI is InChI=1S/C8H13NO4/c9-6(11)8(7(12)13)4-2-1-3-5(8)10/h5,10H,1-4H2,(H2,9,11)(H,12,13). The lowest BCUT2D eigenvalue weighted by molar-refractivity contribution is -0.166. The van der Waals surface area contributed by atoms with Gasteiger partial charge in [-0.25, -0.2) is 0 Å². The molecular weight excluding hydrogens is 174 g/mol. The smallest absolute Gasteiger partial charge is 0.321 e. The number of carbonyl (C=O) groups excluding carboxylic acids is 1. The highest BCUT2D eigenvalue weighted by Gasteiger charge is 2.51. The summed E-state index contributed by atoms with van der Waals surface area (Å²) in [6.07, 6.45) is 0.681. The van der Waals surface area contributed by atoms with E-state index in [-0.39, 0.29) is 6.42 Å². The molecule has 1 aliphatic carbocycles. The minimum absolute atomic E-state index is 0.138. The fourth-order valence-corrected chi connectivity index (χ4v) is 1.80. The van der Waals surface area contributed by atoms with Crippen LogP contribution < -0.4 is 5.73 Å². The maximum absolute atomic E-state index is 11.0. The minimum atomic E-state index is -1.75. The van der Waals surface area contributed by atoms with Crippen molar-refractivity contribution in [2.24, 2.45) is 11.1 Å². The molecule has 0 radical (unpaired) electrons. The predicted molar refractivity (Wildman–Crippen MR) is 43.7 cm³/mol. The fourth-order valence-electron chi connectivity index (χ4n) is 1.80. The molecule has 5 nitrogen and oxygen atoms in total. The molecule has 2 unspecified atom stereocenters. The van der Waals surface area contributed by atoms with Gasteiger partial charge in [-0.3, -0.25) is 9.59 Å². The Morgan fingerprint density at radius 1 is 1.38 bits per heavy atom. The van der Waals surface area contributed by atoms with Gasteiger partial charge in [0.1, 0.15) is 0 Å². The Kier molecular flexibility index (Phi) is 2.56. The van der Waals surface area contributed by atoms with Crippen molar-refractivity contribution in [3.05, 3.63) is 0 Å². The van der Waals surface area contributed by atoms with Gasteiger partial charge in [-0.2, -0.15) is 0 Å². The molecule has 1 aliphatic rings. The van der Waals surface area contributed by atoms with Gasteiger partial charge < -0.3 is 15.9 Å². The quantitative estimate of drug-likeness (QED) is 0.506. The third-order valence-electron chi connectivity index (χ3n) is 2.69. The zero-order valence-electron chi connectivity index (χ0n) is 7.19. The molecule has 1 amide bonds. The molecule has 13 heavy (non-hydrogen) atoms. The number of amides is 1. The fraction of sp³-hybridized carbons (Fsp3) is 0.750. The van der Waals surface area contributed by atoms with Crippen LogP contribution in [0.25, 0.3) is 0 Å². The van der Waals surface area contributed by atoms with E-state index < -0.39 is 23.4 Å². The summed E-state index contributed by atoms with van der Waals surface area (Å²) >= 11 is 0. The van der Waals surface area contributed by atoms with Gasteiger partial charge in [-0.1, -0.05) is 12.8 Å². The van der Waals surface area contributed by atoms with Crippen LogP contribution in [0.15, 0.2) is 0 Å². The van der Waals surface area contributed by atoms with Gasteiger partial charge in [0.25, 0.3) is 0 Å². The Morgan fingerprint density at radius 2 is 2.00 bits per heavy atom. The summed E-state index contributed by atoms with van der Waals surface area (Å²) < 4.78 is 0. The molecule has 4 N–H and O–H groups in total. The van der Waals surface area contributed by atoms with Crippen LogP contribution >= 0.6 is 0 Å². The molecule has 0 aliphatic heterocycles. The lowest BCUT2D eigenvalue weighted by atomic mass is 9.71. The topological polar surface area (TPSA) is 101 Å². The SMILES string of the molecule is NC(=O)C1(C(=O)O)CCCCC1O. The van der Waals surface area contributed by atoms with Crippen molar-refractivity contribution in [2.45, 2.75) is 31.8 Å². The molecule has 0 spiro atoms. The van der Waals surface area contributed by atoms with Crippen LogP contribution in [0.5, 0.6) is 0 Å². The van der Waals surface area contributed by atoms with Crippen LogP contribution in [0.2, 0.25) is 0 Å². The van der Waals surface area contributed by atoms with Gasteiger partial charge in [0.15, 0.2) is 5.41 Å². The number of primary amides is 1. The third-order valence-corrected chi connectivity index (χ3v) is 2.69. The number of carboxylic acid groups (broad SMARTS) is 1. The van der Waals surface area contributed by atoms with E-state index in [2.05, 4.69) is 0 Å². The van der Waals surface area contributed by atoms with Crippen LogP contribution in [0.4, 0.5) is 0 Å². The molecular formula is C8H13NO4. The summed E-state index contributed by atoms with van der Waals surface area (Å²) in [6, 6.07) is 0. The number of carboxylic acids is 1. The number of hydrogen-bond acceptors (Lipinski definition) is 3. The molecule has 74 valence electrons. The Labute approximate surface area is 75.5 Å². The number of carbonyl (C=O) groups is 2. The van der Waals surface area contributed by atoms with Crippen molar-refractivity contribution in [2.75, 3.05) is 0 Å². The molecule has 1 rings (SSSR count). The Morgan fingerprint density at radius 3 is 2.31 bits per heavy atom. The number of rotatable bonds is 2. The summed E-state index contributed by atoms with van der Waals surface area (Å²) in [4.78, 5) is 21.9.